The topological polar surface area (TPSA) is 93.2 Å². The van der Waals surface area contributed by atoms with Crippen molar-refractivity contribution in [2.24, 2.45) is 0 Å². The fraction of sp³-hybridized carbons (Fsp3) is 0.111. The van der Waals surface area contributed by atoms with Gasteiger partial charge in [0, 0.05) is 9.50 Å². The highest BCUT2D eigenvalue weighted by Gasteiger charge is 2.14. The van der Waals surface area contributed by atoms with Gasteiger partial charge in [-0.25, -0.2) is 0 Å². The van der Waals surface area contributed by atoms with E-state index in [2.05, 4.69) is 36.8 Å². The lowest BCUT2D eigenvalue weighted by atomic mass is 10.2. The van der Waals surface area contributed by atoms with E-state index < -0.39 is 0 Å². The normalized spacial score (nSPS) is 10.4. The van der Waals surface area contributed by atoms with Crippen LogP contribution in [0.5, 0.6) is 5.75 Å². The number of nitrogens with zero attached hydrogens (tertiary/aromatic N) is 2. The predicted octanol–water partition coefficient (Wildman–Crippen LogP) is 4.95. The molecule has 0 aliphatic heterocycles. The second kappa shape index (κ2) is 10.1. The maximum Gasteiger partial charge on any atom is 0.258 e. The van der Waals surface area contributed by atoms with Crippen molar-refractivity contribution < 1.29 is 14.3 Å². The van der Waals surface area contributed by atoms with Crippen LogP contribution < -0.4 is 15.4 Å². The number of hydrogen-bond acceptors (Lipinski definition) is 7. The van der Waals surface area contributed by atoms with Crippen LogP contribution in [-0.2, 0) is 4.79 Å². The molecule has 2 aromatic carbocycles. The molecule has 0 aliphatic rings. The largest absolute Gasteiger partial charge is 0.495 e. The molecule has 0 atom stereocenters. The van der Waals surface area contributed by atoms with Crippen molar-refractivity contribution in [3.05, 3.63) is 57.5 Å². The number of carbonyl (C=O) groups is 2. The van der Waals surface area contributed by atoms with Gasteiger partial charge in [0.1, 0.15) is 5.75 Å². The molecule has 3 rings (SSSR count). The molecule has 150 valence electrons. The van der Waals surface area contributed by atoms with E-state index in [0.717, 1.165) is 0 Å². The Morgan fingerprint density at radius 1 is 1.21 bits per heavy atom. The maximum absolute atomic E-state index is 12.3. The summed E-state index contributed by atoms with van der Waals surface area (Å²) in [5.41, 5.74) is 0.982. The van der Waals surface area contributed by atoms with Gasteiger partial charge in [-0.2, -0.15) is 0 Å². The van der Waals surface area contributed by atoms with Crippen LogP contribution in [0.3, 0.4) is 0 Å². The molecule has 0 unspecified atom stereocenters. The molecule has 0 bridgehead atoms. The summed E-state index contributed by atoms with van der Waals surface area (Å²) < 4.78 is 6.45. The molecular formula is C18H14BrClN4O3S2. The van der Waals surface area contributed by atoms with Crippen molar-refractivity contribution in [3.8, 4) is 5.75 Å². The Morgan fingerprint density at radius 3 is 2.76 bits per heavy atom. The highest BCUT2D eigenvalue weighted by molar-refractivity contribution is 9.10. The Morgan fingerprint density at radius 2 is 2.00 bits per heavy atom. The number of nitrogens with one attached hydrogen (secondary N) is 2. The number of halogens is 2. The third-order valence-corrected chi connectivity index (χ3v) is 6.41. The third kappa shape index (κ3) is 5.92. The number of methoxy groups -OCH3 is 1. The van der Waals surface area contributed by atoms with Gasteiger partial charge in [0.25, 0.3) is 5.91 Å². The first-order chi connectivity index (χ1) is 14.0. The summed E-state index contributed by atoms with van der Waals surface area (Å²) in [6.45, 7) is 0. The fourth-order valence-electron chi connectivity index (χ4n) is 2.22. The predicted molar refractivity (Wildman–Crippen MR) is 119 cm³/mol. The lowest BCUT2D eigenvalue weighted by Crippen LogP contribution is -2.14. The number of amides is 2. The molecule has 1 heterocycles. The number of anilines is 2. The molecule has 0 fully saturated rings. The van der Waals surface area contributed by atoms with Crippen LogP contribution in [0.25, 0.3) is 0 Å². The zero-order chi connectivity index (χ0) is 20.8. The minimum absolute atomic E-state index is 0.114. The lowest BCUT2D eigenvalue weighted by molar-refractivity contribution is -0.113. The summed E-state index contributed by atoms with van der Waals surface area (Å²) in [6.07, 6.45) is 0. The summed E-state index contributed by atoms with van der Waals surface area (Å²) in [6, 6.07) is 12.0. The third-order valence-electron chi connectivity index (χ3n) is 3.51. The second-order valence-electron chi connectivity index (χ2n) is 5.49. The van der Waals surface area contributed by atoms with Crippen molar-refractivity contribution in [1.29, 1.82) is 0 Å². The zero-order valence-corrected chi connectivity index (χ0v) is 18.9. The van der Waals surface area contributed by atoms with Crippen LogP contribution >= 0.6 is 50.6 Å². The second-order valence-corrected chi connectivity index (χ2v) is 8.98. The van der Waals surface area contributed by atoms with E-state index in [1.807, 2.05) is 6.07 Å². The van der Waals surface area contributed by atoms with E-state index in [9.17, 15) is 9.59 Å². The lowest BCUT2D eigenvalue weighted by Gasteiger charge is -2.09. The minimum atomic E-state index is -0.295. The first-order valence-corrected chi connectivity index (χ1v) is 11.1. The summed E-state index contributed by atoms with van der Waals surface area (Å²) >= 11 is 11.7. The van der Waals surface area contributed by atoms with Gasteiger partial charge in [-0.05, 0) is 46.3 Å². The summed E-state index contributed by atoms with van der Waals surface area (Å²) in [5.74, 6) is 0.0870. The molecule has 0 saturated heterocycles. The van der Waals surface area contributed by atoms with Crippen LogP contribution in [0.15, 0.2) is 51.3 Å². The Bertz CT molecular complexity index is 1050. The van der Waals surface area contributed by atoms with Gasteiger partial charge in [0.05, 0.1) is 24.1 Å². The number of hydrogen-bond donors (Lipinski definition) is 2. The minimum Gasteiger partial charge on any atom is -0.495 e. The van der Waals surface area contributed by atoms with Crippen molar-refractivity contribution in [3.63, 3.8) is 0 Å². The Hall–Kier alpha value is -2.14. The maximum atomic E-state index is 12.3. The van der Waals surface area contributed by atoms with Gasteiger partial charge in [0.15, 0.2) is 4.34 Å². The van der Waals surface area contributed by atoms with Crippen molar-refractivity contribution >= 4 is 73.3 Å². The summed E-state index contributed by atoms with van der Waals surface area (Å²) in [7, 11) is 1.51. The highest BCUT2D eigenvalue weighted by atomic mass is 79.9. The van der Waals surface area contributed by atoms with Crippen LogP contribution in [0, 0.1) is 0 Å². The number of benzene rings is 2. The van der Waals surface area contributed by atoms with E-state index in [1.165, 1.54) is 30.2 Å². The first kappa shape index (κ1) is 21.6. The molecule has 0 spiro atoms. The number of rotatable bonds is 7. The smallest absolute Gasteiger partial charge is 0.258 e. The number of ether oxygens (including phenoxy) is 1. The zero-order valence-electron chi connectivity index (χ0n) is 14.9. The molecular weight excluding hydrogens is 500 g/mol. The average molecular weight is 514 g/mol. The van der Waals surface area contributed by atoms with E-state index in [-0.39, 0.29) is 17.6 Å². The number of thioether (sulfide) groups is 1. The molecule has 29 heavy (non-hydrogen) atoms. The quantitative estimate of drug-likeness (QED) is 0.343. The fourth-order valence-corrected chi connectivity index (χ4v) is 4.40. The molecule has 11 heteroatoms. The molecule has 2 amide bonds. The van der Waals surface area contributed by atoms with Gasteiger partial charge in [-0.15, -0.1) is 10.2 Å². The molecule has 2 N–H and O–H groups in total. The van der Waals surface area contributed by atoms with E-state index >= 15 is 0 Å². The van der Waals surface area contributed by atoms with Crippen molar-refractivity contribution in [1.82, 2.24) is 10.2 Å². The summed E-state index contributed by atoms with van der Waals surface area (Å²) in [5, 5.41) is 14.2. The number of aromatic nitrogens is 2. The molecule has 7 nitrogen and oxygen atoms in total. The highest BCUT2D eigenvalue weighted by Crippen LogP contribution is 2.29. The van der Waals surface area contributed by atoms with E-state index in [4.69, 9.17) is 16.3 Å². The number of carbonyl (C=O) groups excluding carboxylic acids is 2. The summed E-state index contributed by atoms with van der Waals surface area (Å²) in [4.78, 5) is 24.5. The average Bonchev–Trinajstić information content (AvgIpc) is 3.14. The van der Waals surface area contributed by atoms with Crippen molar-refractivity contribution in [2.45, 2.75) is 4.34 Å². The Balaban J connectivity index is 1.55. The molecule has 0 radical (unpaired) electrons. The standard InChI is InChI=1S/C18H14BrClN4O3S2/c1-27-14-7-6-10(20)8-13(14)21-15(25)9-28-18-24-23-17(29-18)22-16(26)11-4-2-3-5-12(11)19/h2-8H,9H2,1H3,(H,21,25)(H,22,23,26). The van der Waals surface area contributed by atoms with Crippen molar-refractivity contribution in [2.75, 3.05) is 23.5 Å². The van der Waals surface area contributed by atoms with Gasteiger partial charge < -0.3 is 10.1 Å². The SMILES string of the molecule is COc1ccc(Cl)cc1NC(=O)CSc1nnc(NC(=O)c2ccccc2Br)s1. The molecule has 0 aliphatic carbocycles. The van der Waals surface area contributed by atoms with Crippen LogP contribution in [0.1, 0.15) is 10.4 Å². The van der Waals surface area contributed by atoms with Gasteiger partial charge in [-0.3, -0.25) is 14.9 Å². The molecule has 1 aromatic heterocycles. The van der Waals surface area contributed by atoms with Crippen LogP contribution in [0.4, 0.5) is 10.8 Å². The van der Waals surface area contributed by atoms with E-state index in [1.54, 1.807) is 36.4 Å². The molecule has 3 aromatic rings. The van der Waals surface area contributed by atoms with Crippen LogP contribution in [-0.4, -0.2) is 34.9 Å². The molecule has 0 saturated carbocycles. The first-order valence-electron chi connectivity index (χ1n) is 8.12. The van der Waals surface area contributed by atoms with Gasteiger partial charge in [-0.1, -0.05) is 46.8 Å². The Kier molecular flexibility index (Phi) is 7.48. The van der Waals surface area contributed by atoms with Crippen LogP contribution in [0.2, 0.25) is 5.02 Å². The van der Waals surface area contributed by atoms with E-state index in [0.29, 0.717) is 36.0 Å². The van der Waals surface area contributed by atoms with Gasteiger partial charge >= 0.3 is 0 Å². The van der Waals surface area contributed by atoms with Gasteiger partial charge in [0.2, 0.25) is 11.0 Å². The monoisotopic (exact) mass is 512 g/mol. The Labute approximate surface area is 188 Å².